The molecule has 1 amide bonds. The predicted molar refractivity (Wildman–Crippen MR) is 104 cm³/mol. The summed E-state index contributed by atoms with van der Waals surface area (Å²) in [5, 5.41) is 17.5. The third-order valence-corrected chi connectivity index (χ3v) is 4.11. The van der Waals surface area contributed by atoms with Crippen molar-refractivity contribution in [3.63, 3.8) is 0 Å². The molecule has 0 saturated carbocycles. The number of hydrogen-bond acceptors (Lipinski definition) is 6. The van der Waals surface area contributed by atoms with Crippen molar-refractivity contribution in [2.24, 2.45) is 0 Å². The van der Waals surface area contributed by atoms with Crippen LogP contribution in [0.4, 0.5) is 11.5 Å². The van der Waals surface area contributed by atoms with Gasteiger partial charge in [-0.25, -0.2) is 9.48 Å². The first-order valence-electron chi connectivity index (χ1n) is 8.79. The first kappa shape index (κ1) is 20.8. The second-order valence-corrected chi connectivity index (χ2v) is 6.17. The Bertz CT molecular complexity index is 873. The van der Waals surface area contributed by atoms with Crippen LogP contribution in [0.2, 0.25) is 0 Å². The van der Waals surface area contributed by atoms with Crippen molar-refractivity contribution in [1.82, 2.24) is 9.78 Å². The quantitative estimate of drug-likeness (QED) is 0.322. The first-order chi connectivity index (χ1) is 13.3. The molecule has 2 atom stereocenters. The number of amides is 1. The van der Waals surface area contributed by atoms with Gasteiger partial charge in [0.15, 0.2) is 6.10 Å². The average Bonchev–Trinajstić information content (AvgIpc) is 3.14. The molecule has 1 aromatic heterocycles. The van der Waals surface area contributed by atoms with Crippen molar-refractivity contribution in [3.8, 4) is 0 Å². The third-order valence-electron chi connectivity index (χ3n) is 4.11. The highest BCUT2D eigenvalue weighted by molar-refractivity contribution is 5.96. The molecule has 1 aromatic carbocycles. The Morgan fingerprint density at radius 3 is 2.57 bits per heavy atom. The van der Waals surface area contributed by atoms with Crippen molar-refractivity contribution in [2.45, 2.75) is 39.3 Å². The fraction of sp³-hybridized carbons (Fsp3) is 0.316. The lowest BCUT2D eigenvalue weighted by Gasteiger charge is -2.16. The Labute approximate surface area is 162 Å². The van der Waals surface area contributed by atoms with Gasteiger partial charge in [0.25, 0.3) is 11.6 Å². The Morgan fingerprint density at radius 2 is 1.96 bits per heavy atom. The van der Waals surface area contributed by atoms with Crippen LogP contribution >= 0.6 is 0 Å². The standard InChI is InChI=1S/C19H22N4O5/c1-4-13(2)22-17(11-12-20-22)21-19(25)14(3)28-18(24)10-7-15-5-8-16(9-6-15)23(26)27/h5-14H,4H2,1-3H3,(H,21,25)/b10-7+/t13-,14+/m1/s1. The van der Waals surface area contributed by atoms with E-state index in [1.165, 1.54) is 37.3 Å². The number of nitrogens with zero attached hydrogens (tertiary/aromatic N) is 3. The molecule has 2 aromatic rings. The summed E-state index contributed by atoms with van der Waals surface area (Å²) in [4.78, 5) is 34.3. The third kappa shape index (κ3) is 5.50. The van der Waals surface area contributed by atoms with E-state index in [0.717, 1.165) is 12.5 Å². The molecule has 0 unspecified atom stereocenters. The number of carbonyl (C=O) groups is 2. The molecule has 0 fully saturated rings. The normalized spacial score (nSPS) is 13.1. The van der Waals surface area contributed by atoms with Gasteiger partial charge in [-0.2, -0.15) is 5.10 Å². The molecule has 0 aliphatic heterocycles. The van der Waals surface area contributed by atoms with Crippen LogP contribution in [0.3, 0.4) is 0 Å². The van der Waals surface area contributed by atoms with E-state index >= 15 is 0 Å². The van der Waals surface area contributed by atoms with Crippen LogP contribution < -0.4 is 5.32 Å². The van der Waals surface area contributed by atoms with Crippen molar-refractivity contribution < 1.29 is 19.2 Å². The molecular formula is C19H22N4O5. The van der Waals surface area contributed by atoms with E-state index in [-0.39, 0.29) is 11.7 Å². The fourth-order valence-corrected chi connectivity index (χ4v) is 2.30. The number of carbonyl (C=O) groups excluding carboxylic acids is 2. The van der Waals surface area contributed by atoms with Crippen LogP contribution in [0, 0.1) is 10.1 Å². The molecule has 1 heterocycles. The van der Waals surface area contributed by atoms with Gasteiger partial charge in [0.1, 0.15) is 5.82 Å². The number of esters is 1. The SMILES string of the molecule is CC[C@@H](C)n1nccc1NC(=O)[C@H](C)OC(=O)/C=C/c1ccc([N+](=O)[O-])cc1. The van der Waals surface area contributed by atoms with Crippen molar-refractivity contribution in [3.05, 3.63) is 58.3 Å². The van der Waals surface area contributed by atoms with E-state index in [0.29, 0.717) is 11.4 Å². The van der Waals surface area contributed by atoms with Gasteiger partial charge in [-0.15, -0.1) is 0 Å². The van der Waals surface area contributed by atoms with Gasteiger partial charge < -0.3 is 10.1 Å². The Balaban J connectivity index is 1.91. The Hall–Kier alpha value is -3.49. The van der Waals surface area contributed by atoms with Gasteiger partial charge in [-0.1, -0.05) is 6.92 Å². The maximum Gasteiger partial charge on any atom is 0.331 e. The van der Waals surface area contributed by atoms with Crippen molar-refractivity contribution in [2.75, 3.05) is 5.32 Å². The number of nitro groups is 1. The summed E-state index contributed by atoms with van der Waals surface area (Å²) in [6.45, 7) is 5.46. The lowest BCUT2D eigenvalue weighted by atomic mass is 10.2. The first-order valence-corrected chi connectivity index (χ1v) is 8.79. The zero-order chi connectivity index (χ0) is 20.7. The van der Waals surface area contributed by atoms with E-state index in [9.17, 15) is 19.7 Å². The largest absolute Gasteiger partial charge is 0.449 e. The monoisotopic (exact) mass is 386 g/mol. The molecule has 9 nitrogen and oxygen atoms in total. The van der Waals surface area contributed by atoms with Crippen molar-refractivity contribution in [1.29, 1.82) is 0 Å². The van der Waals surface area contributed by atoms with Crippen LogP contribution in [-0.2, 0) is 14.3 Å². The van der Waals surface area contributed by atoms with Crippen LogP contribution in [0.1, 0.15) is 38.8 Å². The van der Waals surface area contributed by atoms with Gasteiger partial charge in [-0.05, 0) is 44.0 Å². The van der Waals surface area contributed by atoms with Crippen LogP contribution in [0.25, 0.3) is 6.08 Å². The minimum absolute atomic E-state index is 0.0401. The van der Waals surface area contributed by atoms with Gasteiger partial charge in [0, 0.05) is 24.3 Å². The number of nitrogens with one attached hydrogen (secondary N) is 1. The second kappa shape index (κ2) is 9.45. The molecule has 148 valence electrons. The second-order valence-electron chi connectivity index (χ2n) is 6.17. The molecule has 0 saturated heterocycles. The molecule has 0 spiro atoms. The highest BCUT2D eigenvalue weighted by Gasteiger charge is 2.19. The number of benzene rings is 1. The number of rotatable bonds is 8. The van der Waals surface area contributed by atoms with E-state index in [1.54, 1.807) is 16.9 Å². The van der Waals surface area contributed by atoms with E-state index in [2.05, 4.69) is 10.4 Å². The number of ether oxygens (including phenoxy) is 1. The highest BCUT2D eigenvalue weighted by atomic mass is 16.6. The zero-order valence-electron chi connectivity index (χ0n) is 15.9. The molecule has 0 aliphatic rings. The minimum Gasteiger partial charge on any atom is -0.449 e. The maximum atomic E-state index is 12.3. The molecule has 0 radical (unpaired) electrons. The summed E-state index contributed by atoms with van der Waals surface area (Å²) in [6, 6.07) is 7.48. The number of hydrogen-bond donors (Lipinski definition) is 1. The number of nitro benzene ring substituents is 1. The smallest absolute Gasteiger partial charge is 0.331 e. The van der Waals surface area contributed by atoms with E-state index < -0.39 is 22.9 Å². The van der Waals surface area contributed by atoms with Crippen LogP contribution in [0.15, 0.2) is 42.6 Å². The minimum atomic E-state index is -1.01. The molecule has 0 aliphatic carbocycles. The summed E-state index contributed by atoms with van der Waals surface area (Å²) < 4.78 is 6.79. The molecule has 28 heavy (non-hydrogen) atoms. The van der Waals surface area contributed by atoms with Crippen LogP contribution in [0.5, 0.6) is 0 Å². The summed E-state index contributed by atoms with van der Waals surface area (Å²) >= 11 is 0. The van der Waals surface area contributed by atoms with Gasteiger partial charge in [0.05, 0.1) is 17.2 Å². The van der Waals surface area contributed by atoms with E-state index in [4.69, 9.17) is 4.74 Å². The summed E-state index contributed by atoms with van der Waals surface area (Å²) in [6.07, 6.45) is 4.05. The zero-order valence-corrected chi connectivity index (χ0v) is 15.9. The number of aromatic nitrogens is 2. The summed E-state index contributed by atoms with van der Waals surface area (Å²) in [5.41, 5.74) is 0.554. The average molecular weight is 386 g/mol. The summed E-state index contributed by atoms with van der Waals surface area (Å²) in [7, 11) is 0. The van der Waals surface area contributed by atoms with Crippen LogP contribution in [-0.4, -0.2) is 32.7 Å². The predicted octanol–water partition coefficient (Wildman–Crippen LogP) is 3.35. The molecular weight excluding hydrogens is 364 g/mol. The topological polar surface area (TPSA) is 116 Å². The molecule has 9 heteroatoms. The van der Waals surface area contributed by atoms with Gasteiger partial charge in [-0.3, -0.25) is 14.9 Å². The van der Waals surface area contributed by atoms with Gasteiger partial charge in [0.2, 0.25) is 0 Å². The maximum absolute atomic E-state index is 12.3. The molecule has 1 N–H and O–H groups in total. The Morgan fingerprint density at radius 1 is 1.29 bits per heavy atom. The number of anilines is 1. The summed E-state index contributed by atoms with van der Waals surface area (Å²) in [5.74, 6) is -0.637. The lowest BCUT2D eigenvalue weighted by molar-refractivity contribution is -0.384. The molecule has 2 rings (SSSR count). The van der Waals surface area contributed by atoms with E-state index in [1.807, 2.05) is 13.8 Å². The number of non-ortho nitro benzene ring substituents is 1. The fourth-order valence-electron chi connectivity index (χ4n) is 2.30. The lowest BCUT2D eigenvalue weighted by Crippen LogP contribution is -2.30. The van der Waals surface area contributed by atoms with Crippen molar-refractivity contribution >= 4 is 29.5 Å². The Kier molecular flexibility index (Phi) is 7.02. The molecule has 0 bridgehead atoms. The van der Waals surface area contributed by atoms with Gasteiger partial charge >= 0.3 is 5.97 Å². The highest BCUT2D eigenvalue weighted by Crippen LogP contribution is 2.17.